The van der Waals surface area contributed by atoms with Gasteiger partial charge in [-0.25, -0.2) is 8.78 Å². The van der Waals surface area contributed by atoms with E-state index >= 15 is 0 Å². The number of halogens is 2. The van der Waals surface area contributed by atoms with Crippen molar-refractivity contribution in [1.29, 1.82) is 0 Å². The third-order valence-electron chi connectivity index (χ3n) is 3.47. The molecule has 2 unspecified atom stereocenters. The molecular formula is C16H25F2N. The number of benzene rings is 1. The molecule has 2 atom stereocenters. The van der Waals surface area contributed by atoms with Crippen molar-refractivity contribution in [2.75, 3.05) is 13.1 Å². The van der Waals surface area contributed by atoms with Gasteiger partial charge < -0.3 is 5.32 Å². The van der Waals surface area contributed by atoms with Crippen LogP contribution in [0.15, 0.2) is 18.2 Å². The normalized spacial score (nSPS) is 14.7. The molecular weight excluding hydrogens is 244 g/mol. The Bertz CT molecular complexity index is 370. The molecule has 0 heterocycles. The van der Waals surface area contributed by atoms with Gasteiger partial charge in [-0.2, -0.15) is 0 Å². The molecule has 0 radical (unpaired) electrons. The van der Waals surface area contributed by atoms with Gasteiger partial charge in [-0.15, -0.1) is 0 Å². The topological polar surface area (TPSA) is 12.0 Å². The van der Waals surface area contributed by atoms with Gasteiger partial charge in [0.1, 0.15) is 11.6 Å². The van der Waals surface area contributed by atoms with Gasteiger partial charge in [0.2, 0.25) is 0 Å². The van der Waals surface area contributed by atoms with Crippen LogP contribution >= 0.6 is 0 Å². The van der Waals surface area contributed by atoms with E-state index in [-0.39, 0.29) is 0 Å². The fraction of sp³-hybridized carbons (Fsp3) is 0.625. The van der Waals surface area contributed by atoms with Crippen LogP contribution in [0.4, 0.5) is 8.78 Å². The molecule has 1 rings (SSSR count). The Labute approximate surface area is 115 Å². The molecule has 1 aromatic rings. The first-order valence-corrected chi connectivity index (χ1v) is 7.04. The van der Waals surface area contributed by atoms with Crippen molar-refractivity contribution in [2.45, 2.75) is 34.1 Å². The highest BCUT2D eigenvalue weighted by atomic mass is 19.1. The lowest BCUT2D eigenvalue weighted by atomic mass is 9.89. The summed E-state index contributed by atoms with van der Waals surface area (Å²) in [7, 11) is 0. The summed E-state index contributed by atoms with van der Waals surface area (Å²) in [5, 5.41) is 3.43. The fourth-order valence-electron chi connectivity index (χ4n) is 2.10. The zero-order valence-corrected chi connectivity index (χ0v) is 12.3. The van der Waals surface area contributed by atoms with Crippen molar-refractivity contribution >= 4 is 0 Å². The Morgan fingerprint density at radius 1 is 0.895 bits per heavy atom. The average Bonchev–Trinajstić information content (AvgIpc) is 2.26. The second-order valence-electron chi connectivity index (χ2n) is 5.99. The third-order valence-corrected chi connectivity index (χ3v) is 3.47. The molecule has 0 saturated heterocycles. The lowest BCUT2D eigenvalue weighted by Crippen LogP contribution is -2.28. The molecule has 19 heavy (non-hydrogen) atoms. The highest BCUT2D eigenvalue weighted by Crippen LogP contribution is 2.18. The second-order valence-corrected chi connectivity index (χ2v) is 5.99. The predicted molar refractivity (Wildman–Crippen MR) is 76.1 cm³/mol. The van der Waals surface area contributed by atoms with Crippen LogP contribution in [-0.2, 0) is 6.42 Å². The van der Waals surface area contributed by atoms with Crippen molar-refractivity contribution in [3.63, 3.8) is 0 Å². The lowest BCUT2D eigenvalue weighted by Gasteiger charge is -2.21. The van der Waals surface area contributed by atoms with E-state index < -0.39 is 11.6 Å². The summed E-state index contributed by atoms with van der Waals surface area (Å²) < 4.78 is 26.2. The number of rotatable bonds is 7. The fourth-order valence-corrected chi connectivity index (χ4v) is 2.10. The van der Waals surface area contributed by atoms with Crippen molar-refractivity contribution < 1.29 is 8.78 Å². The van der Waals surface area contributed by atoms with Crippen molar-refractivity contribution in [3.8, 4) is 0 Å². The van der Waals surface area contributed by atoms with E-state index in [0.29, 0.717) is 24.2 Å². The van der Waals surface area contributed by atoms with Crippen LogP contribution in [-0.4, -0.2) is 13.1 Å². The molecule has 1 aromatic carbocycles. The van der Waals surface area contributed by atoms with Crippen LogP contribution in [0.3, 0.4) is 0 Å². The Kier molecular flexibility index (Phi) is 6.43. The van der Waals surface area contributed by atoms with Gasteiger partial charge in [0.05, 0.1) is 0 Å². The molecule has 0 aliphatic heterocycles. The molecule has 108 valence electrons. The maximum atomic E-state index is 13.1. The minimum Gasteiger partial charge on any atom is -0.316 e. The zero-order chi connectivity index (χ0) is 14.4. The first kappa shape index (κ1) is 16.1. The maximum absolute atomic E-state index is 13.1. The van der Waals surface area contributed by atoms with Crippen molar-refractivity contribution in [2.24, 2.45) is 17.8 Å². The van der Waals surface area contributed by atoms with E-state index in [9.17, 15) is 8.78 Å². The molecule has 0 aliphatic carbocycles. The lowest BCUT2D eigenvalue weighted by molar-refractivity contribution is 0.356. The van der Waals surface area contributed by atoms with E-state index in [1.165, 1.54) is 12.1 Å². The van der Waals surface area contributed by atoms with E-state index in [0.717, 1.165) is 24.7 Å². The smallest absolute Gasteiger partial charge is 0.126 e. The van der Waals surface area contributed by atoms with Crippen LogP contribution < -0.4 is 5.32 Å². The first-order chi connectivity index (χ1) is 8.88. The van der Waals surface area contributed by atoms with Crippen LogP contribution in [0.5, 0.6) is 0 Å². The minimum absolute atomic E-state index is 0.390. The Morgan fingerprint density at radius 2 is 1.47 bits per heavy atom. The van der Waals surface area contributed by atoms with Gasteiger partial charge in [0, 0.05) is 6.07 Å². The van der Waals surface area contributed by atoms with Gasteiger partial charge in [0.25, 0.3) is 0 Å². The summed E-state index contributed by atoms with van der Waals surface area (Å²) in [4.78, 5) is 0. The van der Waals surface area contributed by atoms with Gasteiger partial charge in [-0.1, -0.05) is 27.7 Å². The van der Waals surface area contributed by atoms with Gasteiger partial charge in [0.15, 0.2) is 0 Å². The molecule has 1 nitrogen and oxygen atoms in total. The summed E-state index contributed by atoms with van der Waals surface area (Å²) >= 11 is 0. The molecule has 3 heteroatoms. The molecule has 1 N–H and O–H groups in total. The Balaban J connectivity index is 2.46. The molecule has 0 bridgehead atoms. The SMILES string of the molecule is CC(C)CNCC(C)C(C)Cc1cc(F)cc(F)c1. The van der Waals surface area contributed by atoms with Crippen LogP contribution in [0.1, 0.15) is 33.3 Å². The number of hydrogen-bond donors (Lipinski definition) is 1. The largest absolute Gasteiger partial charge is 0.316 e. The average molecular weight is 269 g/mol. The molecule has 0 fully saturated rings. The zero-order valence-electron chi connectivity index (χ0n) is 12.3. The van der Waals surface area contributed by atoms with E-state index in [4.69, 9.17) is 0 Å². The highest BCUT2D eigenvalue weighted by molar-refractivity contribution is 5.18. The molecule has 0 spiro atoms. The van der Waals surface area contributed by atoms with E-state index in [1.54, 1.807) is 0 Å². The van der Waals surface area contributed by atoms with E-state index in [2.05, 4.69) is 33.0 Å². The quantitative estimate of drug-likeness (QED) is 0.788. The van der Waals surface area contributed by atoms with Crippen molar-refractivity contribution in [3.05, 3.63) is 35.4 Å². The minimum atomic E-state index is -0.493. The van der Waals surface area contributed by atoms with E-state index in [1.807, 2.05) is 0 Å². The van der Waals surface area contributed by atoms with Crippen molar-refractivity contribution in [1.82, 2.24) is 5.32 Å². The predicted octanol–water partition coefficient (Wildman–Crippen LogP) is 4.03. The summed E-state index contributed by atoms with van der Waals surface area (Å²) in [5.41, 5.74) is 0.737. The molecule has 0 aromatic heterocycles. The van der Waals surface area contributed by atoms with Gasteiger partial charge >= 0.3 is 0 Å². The van der Waals surface area contributed by atoms with Crippen LogP contribution in [0.25, 0.3) is 0 Å². The Hall–Kier alpha value is -0.960. The van der Waals surface area contributed by atoms with Crippen LogP contribution in [0, 0.1) is 29.4 Å². The second kappa shape index (κ2) is 7.59. The summed E-state index contributed by atoms with van der Waals surface area (Å²) in [5.74, 6) is 0.520. The number of nitrogens with one attached hydrogen (secondary N) is 1. The van der Waals surface area contributed by atoms with Gasteiger partial charge in [-0.05, 0) is 55.0 Å². The van der Waals surface area contributed by atoms with Crippen LogP contribution in [0.2, 0.25) is 0 Å². The maximum Gasteiger partial charge on any atom is 0.126 e. The first-order valence-electron chi connectivity index (χ1n) is 7.04. The summed E-state index contributed by atoms with van der Waals surface area (Å²) in [6.07, 6.45) is 0.708. The number of hydrogen-bond acceptors (Lipinski definition) is 1. The third kappa shape index (κ3) is 6.15. The molecule has 0 saturated carbocycles. The monoisotopic (exact) mass is 269 g/mol. The van der Waals surface area contributed by atoms with Gasteiger partial charge in [-0.3, -0.25) is 0 Å². The molecule has 0 aliphatic rings. The highest BCUT2D eigenvalue weighted by Gasteiger charge is 2.13. The Morgan fingerprint density at radius 3 is 2.00 bits per heavy atom. The standard InChI is InChI=1S/C16H25F2N/c1-11(2)9-19-10-13(4)12(3)5-14-6-15(17)8-16(18)7-14/h6-8,11-13,19H,5,9-10H2,1-4H3. The molecule has 0 amide bonds. The summed E-state index contributed by atoms with van der Waals surface area (Å²) in [6, 6.07) is 3.77. The summed E-state index contributed by atoms with van der Waals surface area (Å²) in [6.45, 7) is 10.6.